The lowest BCUT2D eigenvalue weighted by Gasteiger charge is -2.32. The number of rotatable bonds is 4. The van der Waals surface area contributed by atoms with Crippen LogP contribution in [0.4, 0.5) is 13.2 Å². The van der Waals surface area contributed by atoms with Gasteiger partial charge in [0.25, 0.3) is 5.91 Å². The fourth-order valence-electron chi connectivity index (χ4n) is 4.84. The number of hydrogen-bond donors (Lipinski definition) is 2. The second kappa shape index (κ2) is 8.53. The van der Waals surface area contributed by atoms with Crippen molar-refractivity contribution < 1.29 is 22.9 Å². The number of nitrogens with zero attached hydrogens (tertiary/aromatic N) is 3. The van der Waals surface area contributed by atoms with Crippen molar-refractivity contribution in [2.75, 3.05) is 19.6 Å². The van der Waals surface area contributed by atoms with E-state index in [4.69, 9.17) is 0 Å². The molecule has 1 aliphatic heterocycles. The van der Waals surface area contributed by atoms with E-state index in [1.54, 1.807) is 4.68 Å². The Balaban J connectivity index is 1.33. The van der Waals surface area contributed by atoms with Gasteiger partial charge in [0.15, 0.2) is 6.54 Å². The van der Waals surface area contributed by atoms with Crippen LogP contribution in [0.1, 0.15) is 57.1 Å². The molecule has 2 aliphatic rings. The van der Waals surface area contributed by atoms with Gasteiger partial charge in [0.1, 0.15) is 5.52 Å². The molecule has 1 aromatic heterocycles. The van der Waals surface area contributed by atoms with Crippen LogP contribution in [-0.2, 0) is 11.0 Å². The van der Waals surface area contributed by atoms with Gasteiger partial charge in [-0.1, -0.05) is 25.0 Å². The van der Waals surface area contributed by atoms with Gasteiger partial charge in [-0.2, -0.15) is 13.2 Å². The summed E-state index contributed by atoms with van der Waals surface area (Å²) in [6, 6.07) is 3.98. The monoisotopic (exact) mass is 424 g/mol. The number of alkyl halides is 3. The summed E-state index contributed by atoms with van der Waals surface area (Å²) < 4.78 is 40.5. The second-order valence-electron chi connectivity index (χ2n) is 8.83. The Morgan fingerprint density at radius 3 is 2.63 bits per heavy atom. The summed E-state index contributed by atoms with van der Waals surface area (Å²) in [7, 11) is 0. The van der Waals surface area contributed by atoms with Crippen LogP contribution in [-0.4, -0.2) is 46.6 Å². The van der Waals surface area contributed by atoms with Crippen molar-refractivity contribution in [2.45, 2.75) is 63.7 Å². The average Bonchev–Trinajstić information content (AvgIpc) is 3.13. The lowest BCUT2D eigenvalue weighted by atomic mass is 9.86. The number of benzene rings is 1. The number of likely N-dealkylation sites (tertiary alicyclic amines) is 1. The van der Waals surface area contributed by atoms with Gasteiger partial charge in [0, 0.05) is 18.9 Å². The van der Waals surface area contributed by atoms with Crippen LogP contribution in [0, 0.1) is 5.92 Å². The standard InChI is InChI=1S/C21H28F3N5O/c1-14-4-2-3-5-17(14)25-20(30)13-28-10-8-16(9-11-28)29-19-7-6-15(21(22,23)24)12-18(19)26-27-29/h6-7,12,14,16-17H,2-5,8-11,13H2,1H3,(H,25,30)/p+1/t14-,17-/m1/s1. The fraction of sp³-hybridized carbons (Fsp3) is 0.667. The average molecular weight is 424 g/mol. The third kappa shape index (κ3) is 4.61. The Kier molecular flexibility index (Phi) is 5.99. The van der Waals surface area contributed by atoms with E-state index in [-0.39, 0.29) is 17.5 Å². The van der Waals surface area contributed by atoms with E-state index < -0.39 is 11.7 Å². The van der Waals surface area contributed by atoms with Crippen molar-refractivity contribution in [3.8, 4) is 0 Å². The van der Waals surface area contributed by atoms with E-state index in [1.807, 2.05) is 0 Å². The number of carbonyl (C=O) groups excluding carboxylic acids is 1. The number of nitrogens with one attached hydrogen (secondary N) is 2. The maximum atomic E-state index is 12.9. The van der Waals surface area contributed by atoms with Crippen LogP contribution in [0.3, 0.4) is 0 Å². The Labute approximate surface area is 173 Å². The molecule has 2 heterocycles. The first-order valence-electron chi connectivity index (χ1n) is 10.9. The summed E-state index contributed by atoms with van der Waals surface area (Å²) in [5, 5.41) is 11.3. The largest absolute Gasteiger partial charge is 0.416 e. The number of quaternary nitrogens is 1. The molecule has 2 fully saturated rings. The molecule has 0 bridgehead atoms. The smallest absolute Gasteiger partial charge is 0.348 e. The SMILES string of the molecule is C[C@@H]1CCCC[C@H]1NC(=O)C[NH+]1CCC(n2nnc3cc(C(F)(F)F)ccc32)CC1. The van der Waals surface area contributed by atoms with Crippen LogP contribution < -0.4 is 10.2 Å². The number of halogens is 3. The summed E-state index contributed by atoms with van der Waals surface area (Å²) in [6.07, 6.45) is 1.94. The van der Waals surface area contributed by atoms with Crippen LogP contribution >= 0.6 is 0 Å². The van der Waals surface area contributed by atoms with Gasteiger partial charge in [-0.05, 0) is 37.0 Å². The van der Waals surface area contributed by atoms with E-state index in [9.17, 15) is 18.0 Å². The van der Waals surface area contributed by atoms with Gasteiger partial charge in [-0.3, -0.25) is 4.79 Å². The summed E-state index contributed by atoms with van der Waals surface area (Å²) in [5.74, 6) is 0.662. The lowest BCUT2D eigenvalue weighted by molar-refractivity contribution is -0.897. The number of fused-ring (bicyclic) bond motifs is 1. The van der Waals surface area contributed by atoms with E-state index in [2.05, 4.69) is 22.6 Å². The quantitative estimate of drug-likeness (QED) is 0.792. The van der Waals surface area contributed by atoms with Crippen molar-refractivity contribution >= 4 is 16.9 Å². The molecule has 2 atom stereocenters. The molecule has 1 saturated carbocycles. The van der Waals surface area contributed by atoms with Gasteiger partial charge in [-0.15, -0.1) is 5.10 Å². The minimum absolute atomic E-state index is 0.0944. The Morgan fingerprint density at radius 2 is 1.93 bits per heavy atom. The first-order valence-corrected chi connectivity index (χ1v) is 10.9. The predicted molar refractivity (Wildman–Crippen MR) is 106 cm³/mol. The zero-order valence-corrected chi connectivity index (χ0v) is 17.2. The molecule has 6 nitrogen and oxygen atoms in total. The maximum absolute atomic E-state index is 12.9. The van der Waals surface area contributed by atoms with Crippen molar-refractivity contribution in [3.05, 3.63) is 23.8 Å². The minimum atomic E-state index is -4.39. The fourth-order valence-corrected chi connectivity index (χ4v) is 4.84. The normalized spacial score (nSPS) is 27.9. The summed E-state index contributed by atoms with van der Waals surface area (Å²) >= 11 is 0. The molecule has 164 valence electrons. The highest BCUT2D eigenvalue weighted by Crippen LogP contribution is 2.31. The zero-order chi connectivity index (χ0) is 21.3. The van der Waals surface area contributed by atoms with Crippen LogP contribution in [0.5, 0.6) is 0 Å². The second-order valence-corrected chi connectivity index (χ2v) is 8.83. The third-order valence-electron chi connectivity index (χ3n) is 6.67. The van der Waals surface area contributed by atoms with Crippen LogP contribution in [0.15, 0.2) is 18.2 Å². The molecule has 2 N–H and O–H groups in total. The minimum Gasteiger partial charge on any atom is -0.348 e. The number of aromatic nitrogens is 3. The number of amides is 1. The Bertz CT molecular complexity index is 888. The molecule has 9 heteroatoms. The molecule has 0 radical (unpaired) electrons. The van der Waals surface area contributed by atoms with Gasteiger partial charge in [0.2, 0.25) is 0 Å². The van der Waals surface area contributed by atoms with E-state index in [0.717, 1.165) is 44.5 Å². The number of carbonyl (C=O) groups is 1. The van der Waals surface area contributed by atoms with Crippen LogP contribution in [0.2, 0.25) is 0 Å². The van der Waals surface area contributed by atoms with Gasteiger partial charge >= 0.3 is 6.18 Å². The molecule has 30 heavy (non-hydrogen) atoms. The van der Waals surface area contributed by atoms with Gasteiger partial charge in [0.05, 0.1) is 30.2 Å². The van der Waals surface area contributed by atoms with Crippen LogP contribution in [0.25, 0.3) is 11.0 Å². The molecule has 1 saturated heterocycles. The van der Waals surface area contributed by atoms with Crippen molar-refractivity contribution in [1.29, 1.82) is 0 Å². The first kappa shape index (κ1) is 21.1. The molecule has 4 rings (SSSR count). The van der Waals surface area contributed by atoms with Crippen molar-refractivity contribution in [3.63, 3.8) is 0 Å². The molecule has 1 amide bonds. The molecule has 0 spiro atoms. The topological polar surface area (TPSA) is 64.2 Å². The Morgan fingerprint density at radius 1 is 1.20 bits per heavy atom. The van der Waals surface area contributed by atoms with Crippen molar-refractivity contribution in [1.82, 2.24) is 20.3 Å². The molecule has 1 aromatic carbocycles. The molecular weight excluding hydrogens is 395 g/mol. The highest BCUT2D eigenvalue weighted by Gasteiger charge is 2.32. The number of hydrogen-bond acceptors (Lipinski definition) is 3. The molecule has 2 aromatic rings. The predicted octanol–water partition coefficient (Wildman–Crippen LogP) is 2.36. The summed E-state index contributed by atoms with van der Waals surface area (Å²) in [5.41, 5.74) is 0.181. The summed E-state index contributed by atoms with van der Waals surface area (Å²) in [4.78, 5) is 13.7. The maximum Gasteiger partial charge on any atom is 0.416 e. The van der Waals surface area contributed by atoms with E-state index >= 15 is 0 Å². The Hall–Kier alpha value is -2.16. The third-order valence-corrected chi connectivity index (χ3v) is 6.67. The number of piperidine rings is 1. The highest BCUT2D eigenvalue weighted by molar-refractivity contribution is 5.77. The van der Waals surface area contributed by atoms with Gasteiger partial charge in [-0.25, -0.2) is 4.68 Å². The zero-order valence-electron chi connectivity index (χ0n) is 17.2. The first-order chi connectivity index (χ1) is 14.3. The van der Waals surface area contributed by atoms with Gasteiger partial charge < -0.3 is 10.2 Å². The molecule has 1 aliphatic carbocycles. The van der Waals surface area contributed by atoms with E-state index in [1.165, 1.54) is 30.2 Å². The highest BCUT2D eigenvalue weighted by atomic mass is 19.4. The molecule has 0 unspecified atom stereocenters. The van der Waals surface area contributed by atoms with E-state index in [0.29, 0.717) is 24.0 Å². The van der Waals surface area contributed by atoms with Crippen molar-refractivity contribution in [2.24, 2.45) is 5.92 Å². The lowest BCUT2D eigenvalue weighted by Crippen LogP contribution is -3.14. The molecular formula is C21H29F3N5O+. The summed E-state index contributed by atoms with van der Waals surface area (Å²) in [6.45, 7) is 4.35.